The van der Waals surface area contributed by atoms with Gasteiger partial charge in [-0.05, 0) is 30.4 Å². The highest BCUT2D eigenvalue weighted by Gasteiger charge is 2.30. The Hall–Kier alpha value is -0.950. The van der Waals surface area contributed by atoms with E-state index in [1.165, 1.54) is 0 Å². The highest BCUT2D eigenvalue weighted by Crippen LogP contribution is 2.22. The molecule has 1 aromatic rings. The third-order valence-electron chi connectivity index (χ3n) is 3.70. The quantitative estimate of drug-likeness (QED) is 0.825. The Bertz CT molecular complexity index is 528. The molecule has 0 saturated heterocycles. The molecule has 1 aliphatic rings. The van der Waals surface area contributed by atoms with Crippen molar-refractivity contribution in [1.29, 1.82) is 0 Å². The number of ether oxygens (including phenoxy) is 1. The summed E-state index contributed by atoms with van der Waals surface area (Å²) in [6.07, 6.45) is 2.74. The van der Waals surface area contributed by atoms with Crippen LogP contribution < -0.4 is 10.5 Å². The lowest BCUT2D eigenvalue weighted by molar-refractivity contribution is 0.0916. The smallest absolute Gasteiger partial charge is 0.216 e. The van der Waals surface area contributed by atoms with Crippen LogP contribution in [0.4, 0.5) is 0 Å². The summed E-state index contributed by atoms with van der Waals surface area (Å²) < 4.78 is 32.4. The number of benzene rings is 1. The maximum Gasteiger partial charge on any atom is 0.216 e. The van der Waals surface area contributed by atoms with Gasteiger partial charge in [0.1, 0.15) is 0 Å². The van der Waals surface area contributed by atoms with E-state index in [4.69, 9.17) is 10.5 Å². The van der Waals surface area contributed by atoms with E-state index in [9.17, 15) is 8.42 Å². The maximum atomic E-state index is 12.2. The number of hydrogen-bond acceptors (Lipinski definition) is 4. The average molecular weight is 298 g/mol. The molecule has 2 unspecified atom stereocenters. The molecular weight excluding hydrogens is 276 g/mol. The van der Waals surface area contributed by atoms with Crippen LogP contribution in [-0.4, -0.2) is 27.7 Å². The minimum Gasteiger partial charge on any atom is -0.380 e. The fraction of sp³-hybridized carbons (Fsp3) is 0.571. The molecular formula is C14H22N2O3S. The summed E-state index contributed by atoms with van der Waals surface area (Å²) in [5.74, 6) is -0.00914. The van der Waals surface area contributed by atoms with Crippen molar-refractivity contribution in [3.8, 4) is 0 Å². The third kappa shape index (κ3) is 4.02. The Labute approximate surface area is 120 Å². The molecule has 1 aliphatic carbocycles. The molecule has 5 nitrogen and oxygen atoms in total. The molecule has 1 saturated carbocycles. The maximum absolute atomic E-state index is 12.2. The lowest BCUT2D eigenvalue weighted by Gasteiger charge is -2.19. The number of rotatable bonds is 6. The van der Waals surface area contributed by atoms with Crippen molar-refractivity contribution in [1.82, 2.24) is 4.72 Å². The second-order valence-corrected chi connectivity index (χ2v) is 6.96. The van der Waals surface area contributed by atoms with Crippen LogP contribution in [0.15, 0.2) is 24.3 Å². The predicted molar refractivity (Wildman–Crippen MR) is 78.5 cm³/mol. The van der Waals surface area contributed by atoms with Gasteiger partial charge >= 0.3 is 0 Å². The molecule has 0 radical (unpaired) electrons. The van der Waals surface area contributed by atoms with Crippen LogP contribution in [0, 0.1) is 0 Å². The van der Waals surface area contributed by atoms with Gasteiger partial charge in [0.15, 0.2) is 0 Å². The molecule has 0 bridgehead atoms. The summed E-state index contributed by atoms with van der Waals surface area (Å²) in [5, 5.41) is 0. The van der Waals surface area contributed by atoms with Crippen LogP contribution in [0.1, 0.15) is 30.4 Å². The molecule has 112 valence electrons. The second kappa shape index (κ2) is 6.67. The highest BCUT2D eigenvalue weighted by molar-refractivity contribution is 7.88. The molecule has 6 heteroatoms. The minimum atomic E-state index is -3.34. The van der Waals surface area contributed by atoms with Crippen LogP contribution in [0.3, 0.4) is 0 Å². The summed E-state index contributed by atoms with van der Waals surface area (Å²) in [5.41, 5.74) is 7.28. The van der Waals surface area contributed by atoms with Gasteiger partial charge in [0.25, 0.3) is 0 Å². The van der Waals surface area contributed by atoms with E-state index in [0.29, 0.717) is 6.54 Å². The lowest BCUT2D eigenvalue weighted by atomic mass is 10.1. The van der Waals surface area contributed by atoms with Gasteiger partial charge in [-0.15, -0.1) is 0 Å². The van der Waals surface area contributed by atoms with Crippen molar-refractivity contribution in [3.05, 3.63) is 35.4 Å². The van der Waals surface area contributed by atoms with E-state index in [0.717, 1.165) is 30.4 Å². The largest absolute Gasteiger partial charge is 0.380 e. The first-order valence-electron chi connectivity index (χ1n) is 6.85. The number of sulfonamides is 1. The molecule has 1 aromatic carbocycles. The lowest BCUT2D eigenvalue weighted by Crippen LogP contribution is -2.41. The van der Waals surface area contributed by atoms with Crippen molar-refractivity contribution in [2.24, 2.45) is 5.73 Å². The molecule has 0 spiro atoms. The fourth-order valence-corrected chi connectivity index (χ4v) is 4.05. The monoisotopic (exact) mass is 298 g/mol. The van der Waals surface area contributed by atoms with E-state index in [1.807, 2.05) is 24.3 Å². The Balaban J connectivity index is 1.99. The molecule has 2 rings (SSSR count). The molecule has 1 fully saturated rings. The molecule has 0 aromatic heterocycles. The van der Waals surface area contributed by atoms with Gasteiger partial charge in [0.2, 0.25) is 10.0 Å². The second-order valence-electron chi connectivity index (χ2n) is 5.21. The van der Waals surface area contributed by atoms with Crippen LogP contribution in [-0.2, 0) is 27.1 Å². The van der Waals surface area contributed by atoms with Crippen LogP contribution in [0.5, 0.6) is 0 Å². The summed E-state index contributed by atoms with van der Waals surface area (Å²) in [6.45, 7) is 0.461. The summed E-state index contributed by atoms with van der Waals surface area (Å²) in [6, 6.07) is 7.23. The topological polar surface area (TPSA) is 81.4 Å². The van der Waals surface area contributed by atoms with Gasteiger partial charge in [-0.2, -0.15) is 0 Å². The summed E-state index contributed by atoms with van der Waals surface area (Å²) in [7, 11) is -1.71. The van der Waals surface area contributed by atoms with Gasteiger partial charge in [-0.3, -0.25) is 0 Å². The Kier molecular flexibility index (Phi) is 5.15. The SMILES string of the molecule is COC1CCCC1NS(=O)(=O)Cc1ccc(CN)cc1. The van der Waals surface area contributed by atoms with Gasteiger partial charge in [-0.1, -0.05) is 24.3 Å². The van der Waals surface area contributed by atoms with E-state index in [-0.39, 0.29) is 17.9 Å². The van der Waals surface area contributed by atoms with Crippen molar-refractivity contribution in [3.63, 3.8) is 0 Å². The van der Waals surface area contributed by atoms with E-state index >= 15 is 0 Å². The van der Waals surface area contributed by atoms with Gasteiger partial charge < -0.3 is 10.5 Å². The summed E-state index contributed by atoms with van der Waals surface area (Å²) in [4.78, 5) is 0. The van der Waals surface area contributed by atoms with Crippen LogP contribution in [0.25, 0.3) is 0 Å². The molecule has 0 amide bonds. The van der Waals surface area contributed by atoms with Gasteiger partial charge in [-0.25, -0.2) is 13.1 Å². The highest BCUT2D eigenvalue weighted by atomic mass is 32.2. The molecule has 3 N–H and O–H groups in total. The third-order valence-corrected chi connectivity index (χ3v) is 5.08. The first-order valence-corrected chi connectivity index (χ1v) is 8.50. The fourth-order valence-electron chi connectivity index (χ4n) is 2.61. The normalized spacial score (nSPS) is 23.1. The Morgan fingerprint density at radius 3 is 2.50 bits per heavy atom. The summed E-state index contributed by atoms with van der Waals surface area (Å²) >= 11 is 0. The van der Waals surface area contributed by atoms with Crippen molar-refractivity contribution in [2.45, 2.75) is 43.7 Å². The molecule has 2 atom stereocenters. The van der Waals surface area contributed by atoms with E-state index < -0.39 is 10.0 Å². The van der Waals surface area contributed by atoms with Crippen molar-refractivity contribution < 1.29 is 13.2 Å². The van der Waals surface area contributed by atoms with Gasteiger partial charge in [0.05, 0.1) is 11.9 Å². The molecule has 0 aliphatic heterocycles. The van der Waals surface area contributed by atoms with E-state index in [2.05, 4.69) is 4.72 Å². The first-order chi connectivity index (χ1) is 9.54. The Morgan fingerprint density at radius 2 is 1.90 bits per heavy atom. The first kappa shape index (κ1) is 15.4. The van der Waals surface area contributed by atoms with Crippen molar-refractivity contribution >= 4 is 10.0 Å². The Morgan fingerprint density at radius 1 is 1.25 bits per heavy atom. The number of methoxy groups -OCH3 is 1. The predicted octanol–water partition coefficient (Wildman–Crippen LogP) is 1.13. The number of nitrogens with one attached hydrogen (secondary N) is 1. The zero-order valence-corrected chi connectivity index (χ0v) is 12.5. The minimum absolute atomic E-state index is 0.00914. The number of nitrogens with two attached hydrogens (primary N) is 1. The zero-order chi connectivity index (χ0) is 14.6. The van der Waals surface area contributed by atoms with Crippen LogP contribution in [0.2, 0.25) is 0 Å². The standard InChI is InChI=1S/C14H22N2O3S/c1-19-14-4-2-3-13(14)16-20(17,18)10-12-7-5-11(9-15)6-8-12/h5-8,13-14,16H,2-4,9-10,15H2,1H3. The van der Waals surface area contributed by atoms with E-state index in [1.54, 1.807) is 7.11 Å². The van der Waals surface area contributed by atoms with Gasteiger partial charge in [0, 0.05) is 19.7 Å². The number of hydrogen-bond donors (Lipinski definition) is 2. The van der Waals surface area contributed by atoms with Crippen molar-refractivity contribution in [2.75, 3.05) is 7.11 Å². The zero-order valence-electron chi connectivity index (χ0n) is 11.7. The molecule has 0 heterocycles. The van der Waals surface area contributed by atoms with Crippen LogP contribution >= 0.6 is 0 Å². The average Bonchev–Trinajstić information content (AvgIpc) is 2.85. The molecule has 20 heavy (non-hydrogen) atoms.